The van der Waals surface area contributed by atoms with Crippen molar-refractivity contribution in [2.75, 3.05) is 19.3 Å². The zero-order valence-electron chi connectivity index (χ0n) is 12.1. The van der Waals surface area contributed by atoms with Crippen molar-refractivity contribution in [3.05, 3.63) is 29.8 Å². The molecule has 0 aromatic heterocycles. The van der Waals surface area contributed by atoms with Gasteiger partial charge in [0.05, 0.1) is 4.90 Å². The average molecular weight is 315 g/mol. The third-order valence-corrected chi connectivity index (χ3v) is 5.38. The van der Waals surface area contributed by atoms with Crippen molar-refractivity contribution in [3.8, 4) is 0 Å². The number of rotatable bonds is 7. The lowest BCUT2D eigenvalue weighted by atomic mass is 10.2. The first-order valence-electron chi connectivity index (χ1n) is 6.65. The van der Waals surface area contributed by atoms with Gasteiger partial charge in [0.15, 0.2) is 0 Å². The van der Waals surface area contributed by atoms with E-state index in [1.807, 2.05) is 13.8 Å². The SMILES string of the molecule is CCCN(CCC)S(=O)(=O)c1ccc(C(=O)SC)cc1. The Morgan fingerprint density at radius 3 is 2.00 bits per heavy atom. The predicted octanol–water partition coefficient (Wildman–Crippen LogP) is 3.00. The van der Waals surface area contributed by atoms with E-state index in [4.69, 9.17) is 0 Å². The molecule has 112 valence electrons. The molecule has 0 amide bonds. The predicted molar refractivity (Wildman–Crippen MR) is 83.6 cm³/mol. The van der Waals surface area contributed by atoms with Crippen LogP contribution in [0.2, 0.25) is 0 Å². The fourth-order valence-electron chi connectivity index (χ4n) is 1.88. The van der Waals surface area contributed by atoms with Crippen molar-refractivity contribution in [2.24, 2.45) is 0 Å². The zero-order chi connectivity index (χ0) is 15.2. The summed E-state index contributed by atoms with van der Waals surface area (Å²) in [6.45, 7) is 4.94. The summed E-state index contributed by atoms with van der Waals surface area (Å²) in [5, 5.41) is -0.0621. The van der Waals surface area contributed by atoms with Crippen LogP contribution in [0.15, 0.2) is 29.2 Å². The lowest BCUT2D eigenvalue weighted by Gasteiger charge is -2.21. The van der Waals surface area contributed by atoms with E-state index in [0.717, 1.165) is 24.6 Å². The minimum Gasteiger partial charge on any atom is -0.282 e. The number of nitrogens with zero attached hydrogens (tertiary/aromatic N) is 1. The summed E-state index contributed by atoms with van der Waals surface area (Å²) in [7, 11) is -3.46. The third kappa shape index (κ3) is 4.07. The van der Waals surface area contributed by atoms with E-state index in [1.165, 1.54) is 16.4 Å². The molecule has 0 bridgehead atoms. The van der Waals surface area contributed by atoms with E-state index in [-0.39, 0.29) is 10.0 Å². The van der Waals surface area contributed by atoms with Crippen LogP contribution in [-0.2, 0) is 10.0 Å². The van der Waals surface area contributed by atoms with Crippen molar-refractivity contribution < 1.29 is 13.2 Å². The first kappa shape index (κ1) is 17.2. The van der Waals surface area contributed by atoms with E-state index < -0.39 is 10.0 Å². The number of hydrogen-bond donors (Lipinski definition) is 0. The van der Waals surface area contributed by atoms with Crippen molar-refractivity contribution in [3.63, 3.8) is 0 Å². The average Bonchev–Trinajstić information content (AvgIpc) is 2.46. The van der Waals surface area contributed by atoms with Crippen LogP contribution in [0, 0.1) is 0 Å². The van der Waals surface area contributed by atoms with Crippen LogP contribution in [0.25, 0.3) is 0 Å². The van der Waals surface area contributed by atoms with Gasteiger partial charge in [0, 0.05) is 18.7 Å². The number of carbonyl (C=O) groups is 1. The molecule has 0 N–H and O–H groups in total. The summed E-state index contributed by atoms with van der Waals surface area (Å²) in [6, 6.07) is 6.16. The molecule has 0 heterocycles. The topological polar surface area (TPSA) is 54.5 Å². The molecule has 6 heteroatoms. The number of benzene rings is 1. The zero-order valence-corrected chi connectivity index (χ0v) is 13.8. The fraction of sp³-hybridized carbons (Fsp3) is 0.500. The van der Waals surface area contributed by atoms with Gasteiger partial charge in [0.25, 0.3) is 0 Å². The Hall–Kier alpha value is -0.850. The van der Waals surface area contributed by atoms with Crippen LogP contribution in [-0.4, -0.2) is 37.2 Å². The van der Waals surface area contributed by atoms with Gasteiger partial charge >= 0.3 is 0 Å². The summed E-state index contributed by atoms with van der Waals surface area (Å²) in [5.41, 5.74) is 0.522. The first-order chi connectivity index (χ1) is 9.47. The Morgan fingerprint density at radius 2 is 1.60 bits per heavy atom. The van der Waals surface area contributed by atoms with E-state index in [1.54, 1.807) is 18.4 Å². The van der Waals surface area contributed by atoms with Gasteiger partial charge < -0.3 is 0 Å². The molecule has 1 rings (SSSR count). The first-order valence-corrected chi connectivity index (χ1v) is 9.32. The molecule has 0 spiro atoms. The Kier molecular flexibility index (Phi) is 6.71. The van der Waals surface area contributed by atoms with Crippen LogP contribution < -0.4 is 0 Å². The minimum atomic E-state index is -3.46. The second-order valence-electron chi connectivity index (χ2n) is 4.42. The van der Waals surface area contributed by atoms with E-state index in [9.17, 15) is 13.2 Å². The van der Waals surface area contributed by atoms with Crippen LogP contribution >= 0.6 is 11.8 Å². The van der Waals surface area contributed by atoms with Crippen LogP contribution in [0.3, 0.4) is 0 Å². The van der Waals surface area contributed by atoms with E-state index in [2.05, 4.69) is 0 Å². The van der Waals surface area contributed by atoms with Gasteiger partial charge in [0.1, 0.15) is 0 Å². The van der Waals surface area contributed by atoms with Gasteiger partial charge in [-0.3, -0.25) is 4.79 Å². The van der Waals surface area contributed by atoms with Crippen molar-refractivity contribution in [1.29, 1.82) is 0 Å². The fourth-order valence-corrected chi connectivity index (χ4v) is 3.88. The van der Waals surface area contributed by atoms with E-state index in [0.29, 0.717) is 18.7 Å². The smallest absolute Gasteiger partial charge is 0.243 e. The van der Waals surface area contributed by atoms with Crippen LogP contribution in [0.1, 0.15) is 37.0 Å². The number of hydrogen-bond acceptors (Lipinski definition) is 4. The lowest BCUT2D eigenvalue weighted by Crippen LogP contribution is -2.32. The molecule has 0 aliphatic rings. The quantitative estimate of drug-likeness (QED) is 0.776. The highest BCUT2D eigenvalue weighted by Gasteiger charge is 2.23. The Bertz CT molecular complexity index is 532. The molecule has 0 unspecified atom stereocenters. The third-order valence-electron chi connectivity index (χ3n) is 2.86. The Balaban J connectivity index is 3.05. The number of sulfonamides is 1. The summed E-state index contributed by atoms with van der Waals surface area (Å²) < 4.78 is 26.5. The normalized spacial score (nSPS) is 11.8. The van der Waals surface area contributed by atoms with Gasteiger partial charge in [0.2, 0.25) is 15.1 Å². The second-order valence-corrected chi connectivity index (χ2v) is 7.14. The second kappa shape index (κ2) is 7.81. The molecule has 0 radical (unpaired) electrons. The van der Waals surface area contributed by atoms with Gasteiger partial charge in [-0.2, -0.15) is 4.31 Å². The Labute approximate surface area is 125 Å². The molecular formula is C14H21NO3S2. The molecule has 0 saturated heterocycles. The van der Waals surface area contributed by atoms with Crippen molar-refractivity contribution in [2.45, 2.75) is 31.6 Å². The molecule has 0 saturated carbocycles. The molecule has 0 aliphatic heterocycles. The number of carbonyl (C=O) groups excluding carboxylic acids is 1. The summed E-state index contributed by atoms with van der Waals surface area (Å²) in [5.74, 6) is 0. The monoisotopic (exact) mass is 315 g/mol. The number of thioether (sulfide) groups is 1. The highest BCUT2D eigenvalue weighted by Crippen LogP contribution is 2.18. The Morgan fingerprint density at radius 1 is 1.10 bits per heavy atom. The molecule has 20 heavy (non-hydrogen) atoms. The van der Waals surface area contributed by atoms with Crippen LogP contribution in [0.4, 0.5) is 0 Å². The van der Waals surface area contributed by atoms with Crippen LogP contribution in [0.5, 0.6) is 0 Å². The summed E-state index contributed by atoms with van der Waals surface area (Å²) in [6.07, 6.45) is 3.27. The van der Waals surface area contributed by atoms with Gasteiger partial charge in [-0.05, 0) is 43.4 Å². The van der Waals surface area contributed by atoms with Gasteiger partial charge in [-0.15, -0.1) is 0 Å². The molecule has 0 fully saturated rings. The summed E-state index contributed by atoms with van der Waals surface area (Å²) in [4.78, 5) is 11.8. The van der Waals surface area contributed by atoms with Gasteiger partial charge in [-0.1, -0.05) is 25.6 Å². The molecule has 0 atom stereocenters. The molecule has 4 nitrogen and oxygen atoms in total. The highest BCUT2D eigenvalue weighted by molar-refractivity contribution is 8.13. The summed E-state index contributed by atoms with van der Waals surface area (Å²) >= 11 is 1.12. The van der Waals surface area contributed by atoms with Crippen molar-refractivity contribution in [1.82, 2.24) is 4.31 Å². The van der Waals surface area contributed by atoms with Crippen molar-refractivity contribution >= 4 is 26.9 Å². The van der Waals surface area contributed by atoms with Gasteiger partial charge in [-0.25, -0.2) is 8.42 Å². The minimum absolute atomic E-state index is 0.0621. The molecule has 0 aliphatic carbocycles. The molecular weight excluding hydrogens is 294 g/mol. The molecule has 1 aromatic carbocycles. The maximum atomic E-state index is 12.5. The lowest BCUT2D eigenvalue weighted by molar-refractivity contribution is 0.108. The molecule has 1 aromatic rings. The maximum Gasteiger partial charge on any atom is 0.243 e. The highest BCUT2D eigenvalue weighted by atomic mass is 32.2. The standard InChI is InChI=1S/C14H21NO3S2/c1-4-10-15(11-5-2)20(17,18)13-8-6-12(7-9-13)14(16)19-3/h6-9H,4-5,10-11H2,1-3H3. The van der Waals surface area contributed by atoms with E-state index >= 15 is 0 Å². The largest absolute Gasteiger partial charge is 0.282 e. The maximum absolute atomic E-state index is 12.5.